The molecule has 0 radical (unpaired) electrons. The lowest BCUT2D eigenvalue weighted by molar-refractivity contribution is -0.144. The molecule has 0 bridgehead atoms. The molecule has 14 heteroatoms. The van der Waals surface area contributed by atoms with Crippen LogP contribution in [0, 0.1) is 11.7 Å². The SMILES string of the molecule is CC(C(=O)N[C@H](C(=O)N1Cc2ccccc2[C@H]1C(=O)Nc1cc(C(=O)NCCN)ccc1F)C1CCOCC1)N(C)C(=O)O. The average molecular weight is 613 g/mol. The molecule has 2 heterocycles. The molecule has 0 saturated carbocycles. The number of amides is 5. The lowest BCUT2D eigenvalue weighted by Crippen LogP contribution is -2.57. The van der Waals surface area contributed by atoms with Crippen LogP contribution in [0.4, 0.5) is 14.9 Å². The van der Waals surface area contributed by atoms with Gasteiger partial charge in [-0.05, 0) is 55.0 Å². The quantitative estimate of drug-likeness (QED) is 0.267. The van der Waals surface area contributed by atoms with Gasteiger partial charge < -0.3 is 36.4 Å². The zero-order chi connectivity index (χ0) is 32.0. The van der Waals surface area contributed by atoms with Crippen molar-refractivity contribution in [2.24, 2.45) is 11.7 Å². The molecule has 44 heavy (non-hydrogen) atoms. The number of likely N-dealkylation sites (N-methyl/N-ethyl adjacent to an activating group) is 1. The van der Waals surface area contributed by atoms with E-state index in [1.165, 1.54) is 31.0 Å². The van der Waals surface area contributed by atoms with Crippen molar-refractivity contribution in [3.8, 4) is 0 Å². The first kappa shape index (κ1) is 32.4. The molecule has 2 aliphatic rings. The molecule has 2 aromatic rings. The minimum Gasteiger partial charge on any atom is -0.465 e. The molecule has 0 aliphatic carbocycles. The fraction of sp³-hybridized carbons (Fsp3) is 0.433. The largest absolute Gasteiger partial charge is 0.465 e. The monoisotopic (exact) mass is 612 g/mol. The molecule has 3 atom stereocenters. The van der Waals surface area contributed by atoms with Gasteiger partial charge in [0.2, 0.25) is 11.8 Å². The summed E-state index contributed by atoms with van der Waals surface area (Å²) in [6, 6.07) is 7.17. The molecule has 2 aromatic carbocycles. The molecule has 0 spiro atoms. The van der Waals surface area contributed by atoms with Crippen LogP contribution in [0.1, 0.15) is 47.3 Å². The number of fused-ring (bicyclic) bond motifs is 1. The number of hydrogen-bond acceptors (Lipinski definition) is 7. The van der Waals surface area contributed by atoms with Gasteiger partial charge >= 0.3 is 6.09 Å². The third-order valence-corrected chi connectivity index (χ3v) is 8.01. The van der Waals surface area contributed by atoms with Crippen LogP contribution < -0.4 is 21.7 Å². The van der Waals surface area contributed by atoms with E-state index in [9.17, 15) is 33.5 Å². The van der Waals surface area contributed by atoms with Crippen LogP contribution in [0.3, 0.4) is 0 Å². The molecular weight excluding hydrogens is 575 g/mol. The molecule has 4 rings (SSSR count). The number of anilines is 1. The number of nitrogens with one attached hydrogen (secondary N) is 3. The minimum absolute atomic E-state index is 0.0529. The fourth-order valence-corrected chi connectivity index (χ4v) is 5.35. The minimum atomic E-state index is -1.30. The van der Waals surface area contributed by atoms with E-state index in [2.05, 4.69) is 16.0 Å². The summed E-state index contributed by atoms with van der Waals surface area (Å²) < 4.78 is 20.3. The Morgan fingerprint density at radius 3 is 2.52 bits per heavy atom. The topological polar surface area (TPSA) is 183 Å². The Morgan fingerprint density at radius 1 is 1.14 bits per heavy atom. The van der Waals surface area contributed by atoms with E-state index in [1.807, 2.05) is 0 Å². The van der Waals surface area contributed by atoms with Gasteiger partial charge in [-0.15, -0.1) is 0 Å². The molecular formula is C30H37FN6O7. The van der Waals surface area contributed by atoms with Crippen LogP contribution >= 0.6 is 0 Å². The van der Waals surface area contributed by atoms with Crippen molar-refractivity contribution in [1.29, 1.82) is 0 Å². The van der Waals surface area contributed by atoms with Crippen molar-refractivity contribution >= 4 is 35.4 Å². The number of ether oxygens (including phenoxy) is 1. The summed E-state index contributed by atoms with van der Waals surface area (Å²) in [6.45, 7) is 2.63. The number of nitrogens with zero attached hydrogens (tertiary/aromatic N) is 2. The predicted octanol–water partition coefficient (Wildman–Crippen LogP) is 1.45. The Morgan fingerprint density at radius 2 is 1.84 bits per heavy atom. The van der Waals surface area contributed by atoms with Gasteiger partial charge in [-0.25, -0.2) is 9.18 Å². The van der Waals surface area contributed by atoms with Crippen LogP contribution in [0.5, 0.6) is 0 Å². The number of carboxylic acid groups (broad SMARTS) is 1. The van der Waals surface area contributed by atoms with Crippen molar-refractivity contribution in [2.75, 3.05) is 38.7 Å². The van der Waals surface area contributed by atoms with Crippen LogP contribution in [0.25, 0.3) is 0 Å². The number of carbonyl (C=O) groups is 5. The Labute approximate surface area is 253 Å². The van der Waals surface area contributed by atoms with Gasteiger partial charge in [0.1, 0.15) is 23.9 Å². The van der Waals surface area contributed by atoms with E-state index in [-0.39, 0.29) is 36.8 Å². The van der Waals surface area contributed by atoms with E-state index in [0.717, 1.165) is 11.0 Å². The normalized spacial score (nSPS) is 17.6. The second-order valence-corrected chi connectivity index (χ2v) is 10.8. The zero-order valence-corrected chi connectivity index (χ0v) is 24.5. The number of nitrogens with two attached hydrogens (primary N) is 1. The van der Waals surface area contributed by atoms with Crippen molar-refractivity contribution in [3.05, 3.63) is 65.0 Å². The maximum Gasteiger partial charge on any atom is 0.407 e. The molecule has 1 fully saturated rings. The molecule has 6 N–H and O–H groups in total. The summed E-state index contributed by atoms with van der Waals surface area (Å²) in [5.74, 6) is -3.52. The molecule has 0 aromatic heterocycles. The van der Waals surface area contributed by atoms with E-state index in [4.69, 9.17) is 10.5 Å². The van der Waals surface area contributed by atoms with Crippen molar-refractivity contribution in [2.45, 2.75) is 44.4 Å². The third kappa shape index (κ3) is 7.14. The van der Waals surface area contributed by atoms with E-state index < -0.39 is 53.7 Å². The summed E-state index contributed by atoms with van der Waals surface area (Å²) in [4.78, 5) is 67.3. The summed E-state index contributed by atoms with van der Waals surface area (Å²) in [5.41, 5.74) is 6.54. The highest BCUT2D eigenvalue weighted by atomic mass is 19.1. The molecule has 13 nitrogen and oxygen atoms in total. The first-order valence-electron chi connectivity index (χ1n) is 14.3. The first-order valence-corrected chi connectivity index (χ1v) is 14.3. The van der Waals surface area contributed by atoms with E-state index in [0.29, 0.717) is 37.2 Å². The van der Waals surface area contributed by atoms with E-state index in [1.54, 1.807) is 24.3 Å². The summed E-state index contributed by atoms with van der Waals surface area (Å²) in [5, 5.41) is 17.2. The smallest absolute Gasteiger partial charge is 0.407 e. The van der Waals surface area contributed by atoms with Gasteiger partial charge in [0.25, 0.3) is 11.8 Å². The molecule has 1 saturated heterocycles. The van der Waals surface area contributed by atoms with Crippen LogP contribution in [-0.4, -0.2) is 90.1 Å². The maximum absolute atomic E-state index is 14.8. The number of benzene rings is 2. The molecule has 1 unspecified atom stereocenters. The lowest BCUT2D eigenvalue weighted by Gasteiger charge is -2.35. The number of halogens is 1. The Balaban J connectivity index is 1.63. The van der Waals surface area contributed by atoms with Crippen LogP contribution in [0.2, 0.25) is 0 Å². The van der Waals surface area contributed by atoms with Gasteiger partial charge in [-0.1, -0.05) is 24.3 Å². The summed E-state index contributed by atoms with van der Waals surface area (Å²) >= 11 is 0. The zero-order valence-electron chi connectivity index (χ0n) is 24.5. The van der Waals surface area contributed by atoms with Crippen molar-refractivity contribution < 1.29 is 38.2 Å². The van der Waals surface area contributed by atoms with Crippen LogP contribution in [0.15, 0.2) is 42.5 Å². The summed E-state index contributed by atoms with van der Waals surface area (Å²) in [7, 11) is 1.26. The van der Waals surface area contributed by atoms with Crippen LogP contribution in [-0.2, 0) is 25.7 Å². The Kier molecular flexibility index (Phi) is 10.5. The second kappa shape index (κ2) is 14.3. The highest BCUT2D eigenvalue weighted by molar-refractivity contribution is 6.02. The molecule has 5 amide bonds. The highest BCUT2D eigenvalue weighted by Gasteiger charge is 2.44. The lowest BCUT2D eigenvalue weighted by atomic mass is 9.90. The Bertz CT molecular complexity index is 1420. The maximum atomic E-state index is 14.8. The van der Waals surface area contributed by atoms with Crippen molar-refractivity contribution in [1.82, 2.24) is 20.4 Å². The first-order chi connectivity index (χ1) is 21.0. The van der Waals surface area contributed by atoms with Gasteiger partial charge in [0.15, 0.2) is 0 Å². The predicted molar refractivity (Wildman–Crippen MR) is 157 cm³/mol. The molecule has 236 valence electrons. The average Bonchev–Trinajstić information content (AvgIpc) is 3.42. The van der Waals surface area contributed by atoms with Gasteiger partial charge in [0, 0.05) is 45.5 Å². The standard InChI is InChI=1S/C30H37FN6O7/c1-17(36(2)30(42)43)26(38)35-24(18-9-13-44-14-10-18)29(41)37-16-20-5-3-4-6-21(20)25(37)28(40)34-23-15-19(7-8-22(23)31)27(39)33-12-11-32/h3-8,15,17-18,24-25H,9-14,16,32H2,1-2H3,(H,33,39)(H,34,40)(H,35,38)(H,42,43)/t17?,24-,25-/m0/s1. The highest BCUT2D eigenvalue weighted by Crippen LogP contribution is 2.36. The fourth-order valence-electron chi connectivity index (χ4n) is 5.35. The molecule has 2 aliphatic heterocycles. The Hall–Kier alpha value is -4.56. The second-order valence-electron chi connectivity index (χ2n) is 10.8. The number of carbonyl (C=O) groups excluding carboxylic acids is 4. The third-order valence-electron chi connectivity index (χ3n) is 8.01. The number of rotatable bonds is 10. The summed E-state index contributed by atoms with van der Waals surface area (Å²) in [6.07, 6.45) is -0.384. The number of hydrogen-bond donors (Lipinski definition) is 5. The van der Waals surface area contributed by atoms with Gasteiger partial charge in [-0.3, -0.25) is 24.1 Å². The van der Waals surface area contributed by atoms with Gasteiger partial charge in [-0.2, -0.15) is 0 Å². The van der Waals surface area contributed by atoms with Gasteiger partial charge in [0.05, 0.1) is 5.69 Å². The van der Waals surface area contributed by atoms with E-state index >= 15 is 0 Å². The van der Waals surface area contributed by atoms with Crippen molar-refractivity contribution in [3.63, 3.8) is 0 Å².